The standard InChI is InChI=1S/C18H20F3N3O4/c1-2-27-14-8-4-3-6-12(14)17(25)24-9-5-7-13(24)16-22-15(23-28-16)10-26-11-18(19,20)21/h3-4,6,8,13H,2,5,7,9-11H2,1H3. The first-order chi connectivity index (χ1) is 13.4. The molecule has 7 nitrogen and oxygen atoms in total. The Labute approximate surface area is 159 Å². The summed E-state index contributed by atoms with van der Waals surface area (Å²) in [5.74, 6) is 0.464. The third-order valence-electron chi connectivity index (χ3n) is 4.20. The van der Waals surface area contributed by atoms with Crippen molar-refractivity contribution < 1.29 is 32.0 Å². The van der Waals surface area contributed by atoms with Gasteiger partial charge in [0, 0.05) is 6.54 Å². The largest absolute Gasteiger partial charge is 0.493 e. The summed E-state index contributed by atoms with van der Waals surface area (Å²) in [6.45, 7) is 0.960. The molecule has 1 aliphatic rings. The van der Waals surface area contributed by atoms with Crippen LogP contribution in [0.25, 0.3) is 0 Å². The number of hydrogen-bond acceptors (Lipinski definition) is 6. The summed E-state index contributed by atoms with van der Waals surface area (Å²) < 4.78 is 51.7. The molecule has 1 aliphatic heterocycles. The lowest BCUT2D eigenvalue weighted by Crippen LogP contribution is -2.31. The van der Waals surface area contributed by atoms with Gasteiger partial charge in [-0.05, 0) is 31.9 Å². The van der Waals surface area contributed by atoms with Crippen molar-refractivity contribution in [2.24, 2.45) is 0 Å². The van der Waals surface area contributed by atoms with Crippen LogP contribution < -0.4 is 4.74 Å². The molecular formula is C18H20F3N3O4. The average molecular weight is 399 g/mol. The van der Waals surface area contributed by atoms with E-state index in [2.05, 4.69) is 14.9 Å². The molecule has 0 radical (unpaired) electrons. The molecule has 1 aromatic heterocycles. The fraction of sp³-hybridized carbons (Fsp3) is 0.500. The molecular weight excluding hydrogens is 379 g/mol. The molecule has 152 valence electrons. The van der Waals surface area contributed by atoms with Crippen LogP contribution in [0.15, 0.2) is 28.8 Å². The lowest BCUT2D eigenvalue weighted by Gasteiger charge is -2.23. The Balaban J connectivity index is 1.71. The number of hydrogen-bond donors (Lipinski definition) is 0. The van der Waals surface area contributed by atoms with Gasteiger partial charge in [0.1, 0.15) is 25.0 Å². The van der Waals surface area contributed by atoms with E-state index in [4.69, 9.17) is 9.26 Å². The number of likely N-dealkylation sites (tertiary alicyclic amines) is 1. The van der Waals surface area contributed by atoms with E-state index < -0.39 is 25.4 Å². The highest BCUT2D eigenvalue weighted by Crippen LogP contribution is 2.34. The van der Waals surface area contributed by atoms with Gasteiger partial charge in [0.2, 0.25) is 5.89 Å². The SMILES string of the molecule is CCOc1ccccc1C(=O)N1CCCC1c1nc(COCC(F)(F)F)no1. The Hall–Kier alpha value is -2.62. The molecule has 10 heteroatoms. The van der Waals surface area contributed by atoms with Gasteiger partial charge in [-0.1, -0.05) is 17.3 Å². The van der Waals surface area contributed by atoms with Gasteiger partial charge >= 0.3 is 6.18 Å². The van der Waals surface area contributed by atoms with Gasteiger partial charge in [-0.25, -0.2) is 0 Å². The first-order valence-electron chi connectivity index (χ1n) is 8.89. The number of para-hydroxylation sites is 1. The van der Waals surface area contributed by atoms with Crippen LogP contribution in [-0.4, -0.2) is 46.9 Å². The molecule has 2 aromatic rings. The predicted octanol–water partition coefficient (Wildman–Crippen LogP) is 3.52. The molecule has 0 spiro atoms. The number of halogens is 3. The zero-order valence-electron chi connectivity index (χ0n) is 15.2. The summed E-state index contributed by atoms with van der Waals surface area (Å²) in [7, 11) is 0. The van der Waals surface area contributed by atoms with E-state index in [0.717, 1.165) is 6.42 Å². The second kappa shape index (κ2) is 8.59. The molecule has 0 aliphatic carbocycles. The summed E-state index contributed by atoms with van der Waals surface area (Å²) >= 11 is 0. The van der Waals surface area contributed by atoms with Crippen molar-refractivity contribution in [3.05, 3.63) is 41.5 Å². The van der Waals surface area contributed by atoms with E-state index in [-0.39, 0.29) is 17.6 Å². The van der Waals surface area contributed by atoms with Crippen LogP contribution in [0, 0.1) is 0 Å². The van der Waals surface area contributed by atoms with Crippen molar-refractivity contribution >= 4 is 5.91 Å². The number of rotatable bonds is 7. The zero-order chi connectivity index (χ0) is 20.1. The monoisotopic (exact) mass is 399 g/mol. The fourth-order valence-corrected chi connectivity index (χ4v) is 3.07. The molecule has 1 aromatic carbocycles. The number of carbonyl (C=O) groups is 1. The highest BCUT2D eigenvalue weighted by molar-refractivity contribution is 5.97. The first-order valence-corrected chi connectivity index (χ1v) is 8.89. The van der Waals surface area contributed by atoms with Crippen LogP contribution in [0.5, 0.6) is 5.75 Å². The van der Waals surface area contributed by atoms with Gasteiger partial charge in [0.15, 0.2) is 5.82 Å². The third-order valence-corrected chi connectivity index (χ3v) is 4.20. The van der Waals surface area contributed by atoms with Crippen molar-refractivity contribution in [3.63, 3.8) is 0 Å². The molecule has 28 heavy (non-hydrogen) atoms. The van der Waals surface area contributed by atoms with Crippen LogP contribution in [-0.2, 0) is 11.3 Å². The number of benzene rings is 1. The van der Waals surface area contributed by atoms with Crippen LogP contribution in [0.3, 0.4) is 0 Å². The van der Waals surface area contributed by atoms with Gasteiger partial charge < -0.3 is 18.9 Å². The molecule has 1 saturated heterocycles. The Kier molecular flexibility index (Phi) is 6.18. The van der Waals surface area contributed by atoms with E-state index in [9.17, 15) is 18.0 Å². The van der Waals surface area contributed by atoms with Crippen LogP contribution >= 0.6 is 0 Å². The molecule has 0 bridgehead atoms. The minimum absolute atomic E-state index is 0.00765. The van der Waals surface area contributed by atoms with Crippen molar-refractivity contribution in [1.82, 2.24) is 15.0 Å². The first kappa shape index (κ1) is 20.1. The molecule has 1 amide bonds. The number of aromatic nitrogens is 2. The summed E-state index contributed by atoms with van der Waals surface area (Å²) in [5, 5.41) is 3.65. The molecule has 1 unspecified atom stereocenters. The molecule has 0 saturated carbocycles. The third kappa shape index (κ3) is 4.80. The van der Waals surface area contributed by atoms with Crippen LogP contribution in [0.4, 0.5) is 13.2 Å². The minimum atomic E-state index is -4.42. The quantitative estimate of drug-likeness (QED) is 0.709. The van der Waals surface area contributed by atoms with Crippen molar-refractivity contribution in [1.29, 1.82) is 0 Å². The molecule has 1 fully saturated rings. The lowest BCUT2D eigenvalue weighted by atomic mass is 10.1. The number of nitrogens with zero attached hydrogens (tertiary/aromatic N) is 3. The second-order valence-corrected chi connectivity index (χ2v) is 6.24. The maximum absolute atomic E-state index is 13.0. The Morgan fingerprint density at radius 1 is 1.36 bits per heavy atom. The number of ether oxygens (including phenoxy) is 2. The predicted molar refractivity (Wildman–Crippen MR) is 90.6 cm³/mol. The highest BCUT2D eigenvalue weighted by atomic mass is 19.4. The van der Waals surface area contributed by atoms with E-state index in [1.807, 2.05) is 6.92 Å². The number of amides is 1. The topological polar surface area (TPSA) is 77.7 Å². The van der Waals surface area contributed by atoms with Crippen LogP contribution in [0.1, 0.15) is 47.9 Å². The molecule has 3 rings (SSSR count). The van der Waals surface area contributed by atoms with Crippen molar-refractivity contribution in [2.75, 3.05) is 19.8 Å². The maximum Gasteiger partial charge on any atom is 0.411 e. The summed E-state index contributed by atoms with van der Waals surface area (Å²) in [5.41, 5.74) is 0.435. The lowest BCUT2D eigenvalue weighted by molar-refractivity contribution is -0.177. The average Bonchev–Trinajstić information content (AvgIpc) is 3.30. The Bertz CT molecular complexity index is 809. The fourth-order valence-electron chi connectivity index (χ4n) is 3.07. The normalized spacial score (nSPS) is 17.1. The number of carbonyl (C=O) groups excluding carboxylic acids is 1. The van der Waals surface area contributed by atoms with Gasteiger partial charge in [0.05, 0.1) is 12.2 Å². The summed E-state index contributed by atoms with van der Waals surface area (Å²) in [6, 6.07) is 6.52. The Morgan fingerprint density at radius 2 is 2.14 bits per heavy atom. The second-order valence-electron chi connectivity index (χ2n) is 6.24. The van der Waals surface area contributed by atoms with Crippen LogP contribution in [0.2, 0.25) is 0 Å². The number of alkyl halides is 3. The van der Waals surface area contributed by atoms with Gasteiger partial charge in [0.25, 0.3) is 5.91 Å². The summed E-state index contributed by atoms with van der Waals surface area (Å²) in [4.78, 5) is 18.7. The van der Waals surface area contributed by atoms with E-state index in [0.29, 0.717) is 30.9 Å². The van der Waals surface area contributed by atoms with Gasteiger partial charge in [-0.15, -0.1) is 0 Å². The van der Waals surface area contributed by atoms with Gasteiger partial charge in [-0.3, -0.25) is 4.79 Å². The smallest absolute Gasteiger partial charge is 0.411 e. The molecule has 1 atom stereocenters. The highest BCUT2D eigenvalue weighted by Gasteiger charge is 2.35. The van der Waals surface area contributed by atoms with Gasteiger partial charge in [-0.2, -0.15) is 18.2 Å². The van der Waals surface area contributed by atoms with Crippen molar-refractivity contribution in [2.45, 2.75) is 38.6 Å². The molecule has 0 N–H and O–H groups in total. The minimum Gasteiger partial charge on any atom is -0.493 e. The molecule has 2 heterocycles. The van der Waals surface area contributed by atoms with Crippen molar-refractivity contribution in [3.8, 4) is 5.75 Å². The van der Waals surface area contributed by atoms with E-state index in [1.54, 1.807) is 29.2 Å². The summed E-state index contributed by atoms with van der Waals surface area (Å²) in [6.07, 6.45) is -3.06. The van der Waals surface area contributed by atoms with E-state index >= 15 is 0 Å². The Morgan fingerprint density at radius 3 is 2.89 bits per heavy atom. The maximum atomic E-state index is 13.0. The van der Waals surface area contributed by atoms with E-state index in [1.165, 1.54) is 0 Å². The zero-order valence-corrected chi connectivity index (χ0v) is 15.2.